The maximum absolute atomic E-state index is 12.4. The minimum Gasteiger partial charge on any atom is -0.493 e. The van der Waals surface area contributed by atoms with Crippen LogP contribution in [0.2, 0.25) is 0 Å². The SMILES string of the molecule is CCCCC(CC)CNC(=O)c1ccc(OCC(=O)NC(C)C)c(OC)c1. The fourth-order valence-corrected chi connectivity index (χ4v) is 2.72. The molecule has 0 fully saturated rings. The Labute approximate surface area is 163 Å². The van der Waals surface area contributed by atoms with Crippen molar-refractivity contribution in [3.63, 3.8) is 0 Å². The lowest BCUT2D eigenvalue weighted by atomic mass is 9.99. The number of unbranched alkanes of at least 4 members (excludes halogenated alkanes) is 1. The van der Waals surface area contributed by atoms with Crippen LogP contribution in [0.5, 0.6) is 11.5 Å². The number of rotatable bonds is 12. The van der Waals surface area contributed by atoms with Crippen molar-refractivity contribution in [2.24, 2.45) is 5.92 Å². The van der Waals surface area contributed by atoms with Crippen LogP contribution in [0.1, 0.15) is 63.7 Å². The minimum atomic E-state index is -0.202. The van der Waals surface area contributed by atoms with Gasteiger partial charge in [0, 0.05) is 18.2 Å². The molecule has 27 heavy (non-hydrogen) atoms. The van der Waals surface area contributed by atoms with Gasteiger partial charge in [-0.15, -0.1) is 0 Å². The topological polar surface area (TPSA) is 76.7 Å². The first-order valence-corrected chi connectivity index (χ1v) is 9.79. The quantitative estimate of drug-likeness (QED) is 0.583. The molecule has 2 amide bonds. The molecular formula is C21H34N2O4. The Morgan fingerprint density at radius 1 is 1.15 bits per heavy atom. The van der Waals surface area contributed by atoms with Crippen LogP contribution in [0, 0.1) is 5.92 Å². The van der Waals surface area contributed by atoms with Crippen LogP contribution in [0.3, 0.4) is 0 Å². The van der Waals surface area contributed by atoms with Gasteiger partial charge in [-0.2, -0.15) is 0 Å². The van der Waals surface area contributed by atoms with E-state index in [1.165, 1.54) is 13.5 Å². The molecule has 1 rings (SSSR count). The molecule has 6 nitrogen and oxygen atoms in total. The summed E-state index contributed by atoms with van der Waals surface area (Å²) in [6.07, 6.45) is 4.52. The summed E-state index contributed by atoms with van der Waals surface area (Å²) in [5, 5.41) is 5.76. The highest BCUT2D eigenvalue weighted by Crippen LogP contribution is 2.28. The summed E-state index contributed by atoms with van der Waals surface area (Å²) in [4.78, 5) is 24.1. The predicted octanol–water partition coefficient (Wildman–Crippen LogP) is 3.54. The van der Waals surface area contributed by atoms with Gasteiger partial charge in [0.15, 0.2) is 18.1 Å². The van der Waals surface area contributed by atoms with Crippen molar-refractivity contribution in [1.82, 2.24) is 10.6 Å². The summed E-state index contributed by atoms with van der Waals surface area (Å²) < 4.78 is 10.8. The number of carbonyl (C=O) groups is 2. The molecule has 0 saturated carbocycles. The second-order valence-electron chi connectivity index (χ2n) is 7.00. The second kappa shape index (κ2) is 12.2. The van der Waals surface area contributed by atoms with Gasteiger partial charge in [0.1, 0.15) is 0 Å². The standard InChI is InChI=1S/C21H34N2O4/c1-6-8-9-16(7-2)13-22-21(25)17-10-11-18(19(12-17)26-5)27-14-20(24)23-15(3)4/h10-12,15-16H,6-9,13-14H2,1-5H3,(H,22,25)(H,23,24). The number of hydrogen-bond acceptors (Lipinski definition) is 4. The van der Waals surface area contributed by atoms with E-state index in [2.05, 4.69) is 24.5 Å². The number of amides is 2. The lowest BCUT2D eigenvalue weighted by Gasteiger charge is -2.16. The van der Waals surface area contributed by atoms with Crippen molar-refractivity contribution < 1.29 is 19.1 Å². The van der Waals surface area contributed by atoms with Crippen LogP contribution in [0.4, 0.5) is 0 Å². The Morgan fingerprint density at radius 3 is 2.48 bits per heavy atom. The zero-order chi connectivity index (χ0) is 20.2. The third kappa shape index (κ3) is 8.33. The number of nitrogens with one attached hydrogen (secondary N) is 2. The molecule has 1 unspecified atom stereocenters. The summed E-state index contributed by atoms with van der Waals surface area (Å²) in [6, 6.07) is 5.03. The van der Waals surface area contributed by atoms with E-state index >= 15 is 0 Å². The smallest absolute Gasteiger partial charge is 0.258 e. The predicted molar refractivity (Wildman–Crippen MR) is 107 cm³/mol. The van der Waals surface area contributed by atoms with Crippen LogP contribution >= 0.6 is 0 Å². The van der Waals surface area contributed by atoms with Crippen LogP contribution in [-0.2, 0) is 4.79 Å². The third-order valence-electron chi connectivity index (χ3n) is 4.33. The number of ether oxygens (including phenoxy) is 2. The van der Waals surface area contributed by atoms with Gasteiger partial charge >= 0.3 is 0 Å². The van der Waals surface area contributed by atoms with E-state index < -0.39 is 0 Å². The van der Waals surface area contributed by atoms with Crippen molar-refractivity contribution >= 4 is 11.8 Å². The first-order chi connectivity index (χ1) is 12.9. The fourth-order valence-electron chi connectivity index (χ4n) is 2.72. The van der Waals surface area contributed by atoms with Gasteiger partial charge in [-0.3, -0.25) is 9.59 Å². The van der Waals surface area contributed by atoms with E-state index in [0.29, 0.717) is 29.5 Å². The van der Waals surface area contributed by atoms with Gasteiger partial charge in [0.2, 0.25) is 0 Å². The number of hydrogen-bond donors (Lipinski definition) is 2. The Kier molecular flexibility index (Phi) is 10.3. The summed E-state index contributed by atoms with van der Waals surface area (Å²) in [6.45, 7) is 8.67. The molecule has 6 heteroatoms. The molecular weight excluding hydrogens is 344 g/mol. The molecule has 152 valence electrons. The van der Waals surface area contributed by atoms with Crippen molar-refractivity contribution in [2.75, 3.05) is 20.3 Å². The molecule has 0 aliphatic rings. The van der Waals surface area contributed by atoms with E-state index in [0.717, 1.165) is 19.3 Å². The van der Waals surface area contributed by atoms with Crippen molar-refractivity contribution in [3.8, 4) is 11.5 Å². The molecule has 1 atom stereocenters. The molecule has 0 bridgehead atoms. The van der Waals surface area contributed by atoms with Crippen LogP contribution < -0.4 is 20.1 Å². The van der Waals surface area contributed by atoms with Crippen molar-refractivity contribution in [1.29, 1.82) is 0 Å². The third-order valence-corrected chi connectivity index (χ3v) is 4.33. The number of carbonyl (C=O) groups excluding carboxylic acids is 2. The minimum absolute atomic E-state index is 0.0540. The first kappa shape index (κ1) is 22.8. The fraction of sp³-hybridized carbons (Fsp3) is 0.619. The summed E-state index contributed by atoms with van der Waals surface area (Å²) in [5.74, 6) is 1.03. The largest absolute Gasteiger partial charge is 0.493 e. The molecule has 0 aromatic heterocycles. The maximum Gasteiger partial charge on any atom is 0.258 e. The maximum atomic E-state index is 12.4. The van der Waals surface area contributed by atoms with Crippen LogP contribution in [0.25, 0.3) is 0 Å². The Balaban J connectivity index is 2.66. The van der Waals surface area contributed by atoms with Gasteiger partial charge in [-0.25, -0.2) is 0 Å². The Bertz CT molecular complexity index is 602. The first-order valence-electron chi connectivity index (χ1n) is 9.79. The van der Waals surface area contributed by atoms with Gasteiger partial charge < -0.3 is 20.1 Å². The van der Waals surface area contributed by atoms with E-state index in [1.54, 1.807) is 18.2 Å². The van der Waals surface area contributed by atoms with Gasteiger partial charge in [-0.05, 0) is 44.4 Å². The average molecular weight is 379 g/mol. The number of benzene rings is 1. The highest BCUT2D eigenvalue weighted by Gasteiger charge is 2.14. The lowest BCUT2D eigenvalue weighted by molar-refractivity contribution is -0.123. The lowest BCUT2D eigenvalue weighted by Crippen LogP contribution is -2.34. The highest BCUT2D eigenvalue weighted by atomic mass is 16.5. The molecule has 0 radical (unpaired) electrons. The highest BCUT2D eigenvalue weighted by molar-refractivity contribution is 5.94. The molecule has 0 spiro atoms. The molecule has 1 aromatic rings. The molecule has 2 N–H and O–H groups in total. The molecule has 1 aromatic carbocycles. The molecule has 0 aliphatic heterocycles. The Morgan fingerprint density at radius 2 is 1.89 bits per heavy atom. The van der Waals surface area contributed by atoms with Gasteiger partial charge in [-0.1, -0.05) is 33.1 Å². The van der Waals surface area contributed by atoms with Crippen molar-refractivity contribution in [2.45, 2.75) is 59.4 Å². The van der Waals surface area contributed by atoms with E-state index in [9.17, 15) is 9.59 Å². The normalized spacial score (nSPS) is 11.8. The van der Waals surface area contributed by atoms with Gasteiger partial charge in [0.25, 0.3) is 11.8 Å². The molecule has 0 aliphatic carbocycles. The average Bonchev–Trinajstić information content (AvgIpc) is 2.65. The van der Waals surface area contributed by atoms with Gasteiger partial charge in [0.05, 0.1) is 7.11 Å². The number of methoxy groups -OCH3 is 1. The van der Waals surface area contributed by atoms with E-state index in [-0.39, 0.29) is 24.5 Å². The van der Waals surface area contributed by atoms with E-state index in [4.69, 9.17) is 9.47 Å². The zero-order valence-electron chi connectivity index (χ0n) is 17.3. The molecule has 0 heterocycles. The van der Waals surface area contributed by atoms with E-state index in [1.807, 2.05) is 13.8 Å². The van der Waals surface area contributed by atoms with Crippen molar-refractivity contribution in [3.05, 3.63) is 23.8 Å². The Hall–Kier alpha value is -2.24. The van der Waals surface area contributed by atoms with Crippen LogP contribution in [-0.4, -0.2) is 38.1 Å². The monoisotopic (exact) mass is 378 g/mol. The zero-order valence-corrected chi connectivity index (χ0v) is 17.3. The molecule has 0 saturated heterocycles. The summed E-state index contributed by atoms with van der Waals surface area (Å²) in [5.41, 5.74) is 0.510. The summed E-state index contributed by atoms with van der Waals surface area (Å²) >= 11 is 0. The summed E-state index contributed by atoms with van der Waals surface area (Å²) in [7, 11) is 1.51. The van der Waals surface area contributed by atoms with Crippen LogP contribution in [0.15, 0.2) is 18.2 Å². The second-order valence-corrected chi connectivity index (χ2v) is 7.00.